The molecule has 5 fully saturated rings. The summed E-state index contributed by atoms with van der Waals surface area (Å²) in [6.07, 6.45) is -2.91. The molecule has 2 saturated heterocycles. The zero-order chi connectivity index (χ0) is 35.1. The number of hydrogen-bond acceptors (Lipinski definition) is 11. The molecule has 8 N–H and O–H groups in total. The van der Waals surface area contributed by atoms with E-state index < -0.39 is 72.4 Å². The van der Waals surface area contributed by atoms with Crippen LogP contribution in [0.5, 0.6) is 0 Å². The van der Waals surface area contributed by atoms with Crippen molar-refractivity contribution >= 4 is 0 Å². The Bertz CT molecular complexity index is 1110. The lowest BCUT2D eigenvalue weighted by Gasteiger charge is -2.64. The molecule has 11 heteroatoms. The fourth-order valence-electron chi connectivity index (χ4n) is 11.5. The Labute approximate surface area is 280 Å². The number of hydrogen-bond donors (Lipinski definition) is 8. The van der Waals surface area contributed by atoms with Gasteiger partial charge < -0.3 is 55.1 Å². The molecular weight excluding hydrogens is 608 g/mol. The lowest BCUT2D eigenvalue weighted by atomic mass is 9.42. The second-order valence-corrected chi connectivity index (χ2v) is 18.1. The Hall–Kier alpha value is -0.440. The van der Waals surface area contributed by atoms with E-state index in [1.807, 2.05) is 0 Å². The van der Waals surface area contributed by atoms with Crippen molar-refractivity contribution in [2.75, 3.05) is 6.61 Å². The van der Waals surface area contributed by atoms with Gasteiger partial charge in [0.2, 0.25) is 0 Å². The lowest BCUT2D eigenvalue weighted by molar-refractivity contribution is -0.329. The molecule has 274 valence electrons. The van der Waals surface area contributed by atoms with E-state index in [4.69, 9.17) is 14.2 Å². The molecule has 2 heterocycles. The molecule has 0 aromatic rings. The first-order chi connectivity index (χ1) is 21.5. The monoisotopic (exact) mass is 672 g/mol. The summed E-state index contributed by atoms with van der Waals surface area (Å²) in [5.41, 5.74) is -3.71. The van der Waals surface area contributed by atoms with Gasteiger partial charge >= 0.3 is 0 Å². The van der Waals surface area contributed by atoms with E-state index in [-0.39, 0.29) is 52.9 Å². The van der Waals surface area contributed by atoms with Gasteiger partial charge in [-0.25, -0.2) is 0 Å². The number of rotatable bonds is 9. The minimum absolute atomic E-state index is 0.103. The molecule has 11 nitrogen and oxygen atoms in total. The first-order valence-corrected chi connectivity index (χ1v) is 18.0. The first kappa shape index (κ1) is 37.8. The Morgan fingerprint density at radius 1 is 0.830 bits per heavy atom. The Kier molecular flexibility index (Phi) is 10.2. The van der Waals surface area contributed by atoms with Gasteiger partial charge in [0, 0.05) is 5.92 Å². The third-order valence-electron chi connectivity index (χ3n) is 14.2. The van der Waals surface area contributed by atoms with Gasteiger partial charge in [0.05, 0.1) is 47.8 Å². The molecule has 47 heavy (non-hydrogen) atoms. The minimum Gasteiger partial charge on any atom is -0.394 e. The molecule has 5 rings (SSSR count). The van der Waals surface area contributed by atoms with Crippen molar-refractivity contribution in [1.82, 2.24) is 0 Å². The predicted octanol–water partition coefficient (Wildman–Crippen LogP) is 2.01. The van der Waals surface area contributed by atoms with Crippen LogP contribution in [0.15, 0.2) is 0 Å². The van der Waals surface area contributed by atoms with E-state index in [0.717, 1.165) is 19.3 Å². The maximum Gasteiger partial charge on any atom is 0.186 e. The SMILES string of the molecule is CC(C)(O)[C@H](O)CC[C@](C)(O)[C@H]1CC[C@](C)([C@@H]2[C@@H](O)C[C@H]3[C@@]4(C)CC[C@H](O[C@@H]5O[C@@H](CO)[C@@H](O)[C@@H](O)[C@@H]5O)C(C)(C)[C@H]4CC[C@]32C)O1. The van der Waals surface area contributed by atoms with Crippen LogP contribution >= 0.6 is 0 Å². The van der Waals surface area contributed by atoms with E-state index in [0.29, 0.717) is 25.7 Å². The second kappa shape index (κ2) is 12.7. The molecular formula is C36H64O11. The Morgan fingerprint density at radius 2 is 1.47 bits per heavy atom. The molecule has 2 aliphatic heterocycles. The predicted molar refractivity (Wildman–Crippen MR) is 173 cm³/mol. The Morgan fingerprint density at radius 3 is 2.09 bits per heavy atom. The third kappa shape index (κ3) is 6.36. The molecule has 3 saturated carbocycles. The molecule has 0 aromatic heterocycles. The largest absolute Gasteiger partial charge is 0.394 e. The van der Waals surface area contributed by atoms with Crippen LogP contribution in [0, 0.1) is 34.0 Å². The van der Waals surface area contributed by atoms with Gasteiger partial charge in [-0.15, -0.1) is 0 Å². The van der Waals surface area contributed by atoms with Gasteiger partial charge in [-0.2, -0.15) is 0 Å². The summed E-state index contributed by atoms with van der Waals surface area (Å²) in [6, 6.07) is 0. The highest BCUT2D eigenvalue weighted by atomic mass is 16.7. The van der Waals surface area contributed by atoms with Crippen LogP contribution < -0.4 is 0 Å². The van der Waals surface area contributed by atoms with Crippen molar-refractivity contribution in [2.45, 2.75) is 185 Å². The maximum absolute atomic E-state index is 11.9. The van der Waals surface area contributed by atoms with Crippen molar-refractivity contribution in [3.8, 4) is 0 Å². The van der Waals surface area contributed by atoms with Crippen molar-refractivity contribution < 1.29 is 55.1 Å². The molecule has 3 aliphatic carbocycles. The molecule has 0 spiro atoms. The average molecular weight is 673 g/mol. The van der Waals surface area contributed by atoms with Crippen molar-refractivity contribution in [3.05, 3.63) is 0 Å². The van der Waals surface area contributed by atoms with Gasteiger partial charge in [0.15, 0.2) is 6.29 Å². The summed E-state index contributed by atoms with van der Waals surface area (Å²) < 4.78 is 18.9. The van der Waals surface area contributed by atoms with Gasteiger partial charge in [-0.3, -0.25) is 0 Å². The number of aliphatic hydroxyl groups excluding tert-OH is 6. The highest BCUT2D eigenvalue weighted by Gasteiger charge is 2.69. The van der Waals surface area contributed by atoms with Gasteiger partial charge in [-0.05, 0) is 114 Å². The molecule has 5 aliphatic rings. The van der Waals surface area contributed by atoms with Crippen LogP contribution in [0.1, 0.15) is 113 Å². The fourth-order valence-corrected chi connectivity index (χ4v) is 11.5. The summed E-state index contributed by atoms with van der Waals surface area (Å²) >= 11 is 0. The van der Waals surface area contributed by atoms with Crippen LogP contribution in [-0.2, 0) is 14.2 Å². The van der Waals surface area contributed by atoms with E-state index in [1.54, 1.807) is 20.8 Å². The summed E-state index contributed by atoms with van der Waals surface area (Å²) in [4.78, 5) is 0. The number of fused-ring (bicyclic) bond motifs is 3. The van der Waals surface area contributed by atoms with E-state index >= 15 is 0 Å². The van der Waals surface area contributed by atoms with Crippen molar-refractivity contribution in [2.24, 2.45) is 34.0 Å². The van der Waals surface area contributed by atoms with Crippen LogP contribution in [-0.4, -0.2) is 119 Å². The molecule has 0 radical (unpaired) electrons. The molecule has 0 amide bonds. The summed E-state index contributed by atoms with van der Waals surface area (Å²) in [7, 11) is 0. The van der Waals surface area contributed by atoms with E-state index in [2.05, 4.69) is 34.6 Å². The Balaban J connectivity index is 1.31. The van der Waals surface area contributed by atoms with Crippen molar-refractivity contribution in [3.63, 3.8) is 0 Å². The van der Waals surface area contributed by atoms with E-state index in [1.165, 1.54) is 0 Å². The van der Waals surface area contributed by atoms with E-state index in [9.17, 15) is 40.9 Å². The zero-order valence-corrected chi connectivity index (χ0v) is 29.8. The summed E-state index contributed by atoms with van der Waals surface area (Å²) in [5.74, 6) is 0.352. The van der Waals surface area contributed by atoms with Crippen LogP contribution in [0.25, 0.3) is 0 Å². The number of aliphatic hydroxyl groups is 8. The summed E-state index contributed by atoms with van der Waals surface area (Å²) in [6.45, 7) is 15.5. The average Bonchev–Trinajstić information content (AvgIpc) is 3.50. The quantitative estimate of drug-likeness (QED) is 0.167. The third-order valence-corrected chi connectivity index (χ3v) is 14.2. The minimum atomic E-state index is -1.49. The molecule has 0 aromatic carbocycles. The zero-order valence-electron chi connectivity index (χ0n) is 29.8. The lowest BCUT2D eigenvalue weighted by Crippen LogP contribution is -2.63. The van der Waals surface area contributed by atoms with Crippen LogP contribution in [0.3, 0.4) is 0 Å². The standard InChI is InChI=1S/C36H64O11/c1-31(2)21-9-13-34(6)22(33(21,5)14-11-24(31)46-30-28(42)27(41)26(40)20(18-37)45-30)17-19(38)29(34)36(8)16-12-25(47-36)35(7,44)15-10-23(39)32(3,4)43/h19-30,37-44H,9-18H2,1-8H3/t19-,20-,21+,22-,23+,24-,25+,26+,27+,28-,29+,30-,33-,34+,35-,36+/m0/s1. The summed E-state index contributed by atoms with van der Waals surface area (Å²) in [5, 5.41) is 84.8. The second-order valence-electron chi connectivity index (χ2n) is 18.1. The van der Waals surface area contributed by atoms with Crippen molar-refractivity contribution in [1.29, 1.82) is 0 Å². The van der Waals surface area contributed by atoms with Crippen LogP contribution in [0.4, 0.5) is 0 Å². The topological polar surface area (TPSA) is 190 Å². The maximum atomic E-state index is 11.9. The highest BCUT2D eigenvalue weighted by molar-refractivity contribution is 5.18. The van der Waals surface area contributed by atoms with Gasteiger partial charge in [-0.1, -0.05) is 27.7 Å². The smallest absolute Gasteiger partial charge is 0.186 e. The fraction of sp³-hybridized carbons (Fsp3) is 1.00. The van der Waals surface area contributed by atoms with Gasteiger partial charge in [0.1, 0.15) is 24.4 Å². The van der Waals surface area contributed by atoms with Crippen LogP contribution in [0.2, 0.25) is 0 Å². The molecule has 16 atom stereocenters. The number of ether oxygens (including phenoxy) is 3. The molecule has 0 bridgehead atoms. The molecule has 0 unspecified atom stereocenters. The van der Waals surface area contributed by atoms with Gasteiger partial charge in [0.25, 0.3) is 0 Å². The highest BCUT2D eigenvalue weighted by Crippen LogP contribution is 2.72. The first-order valence-electron chi connectivity index (χ1n) is 18.0. The normalized spacial score (nSPS) is 50.4.